The topological polar surface area (TPSA) is 37.6 Å². The van der Waals surface area contributed by atoms with Gasteiger partial charge in [-0.3, -0.25) is 9.20 Å². The van der Waals surface area contributed by atoms with Crippen LogP contribution in [-0.2, 0) is 13.0 Å². The Bertz CT molecular complexity index is 947. The van der Waals surface area contributed by atoms with Crippen LogP contribution >= 0.6 is 11.3 Å². The molecule has 1 aliphatic rings. The number of anilines is 1. The smallest absolute Gasteiger partial charge is 0.258 e. The highest BCUT2D eigenvalue weighted by molar-refractivity contribution is 7.15. The van der Waals surface area contributed by atoms with Crippen molar-refractivity contribution in [3.8, 4) is 0 Å². The van der Waals surface area contributed by atoms with Crippen molar-refractivity contribution in [2.45, 2.75) is 26.3 Å². The fraction of sp³-hybridized carbons (Fsp3) is 0.294. The number of nitrogens with zero attached hydrogens (tertiary/aromatic N) is 3. The number of fused-ring (bicyclic) bond motifs is 2. The van der Waals surface area contributed by atoms with Gasteiger partial charge in [0.2, 0.25) is 0 Å². The predicted molar refractivity (Wildman–Crippen MR) is 89.8 cm³/mol. The second-order valence-corrected chi connectivity index (χ2v) is 6.73. The lowest BCUT2D eigenvalue weighted by atomic mass is 9.97. The van der Waals surface area contributed by atoms with Gasteiger partial charge in [-0.25, -0.2) is 9.37 Å². The molecule has 3 aromatic rings. The number of hydrogen-bond acceptors (Lipinski definition) is 4. The van der Waals surface area contributed by atoms with E-state index in [-0.39, 0.29) is 11.4 Å². The van der Waals surface area contributed by atoms with E-state index in [2.05, 4.69) is 9.88 Å². The summed E-state index contributed by atoms with van der Waals surface area (Å²) < 4.78 is 15.6. The quantitative estimate of drug-likeness (QED) is 0.725. The summed E-state index contributed by atoms with van der Waals surface area (Å²) in [5.41, 5.74) is 3.47. The predicted octanol–water partition coefficient (Wildman–Crippen LogP) is 3.16. The zero-order chi connectivity index (χ0) is 16.0. The lowest BCUT2D eigenvalue weighted by Crippen LogP contribution is -2.31. The van der Waals surface area contributed by atoms with Gasteiger partial charge in [0.1, 0.15) is 5.82 Å². The fourth-order valence-corrected chi connectivity index (χ4v) is 4.03. The average molecular weight is 329 g/mol. The Balaban J connectivity index is 1.75. The first-order valence-electron chi connectivity index (χ1n) is 7.62. The largest absolute Gasteiger partial charge is 0.365 e. The van der Waals surface area contributed by atoms with Crippen molar-refractivity contribution >= 4 is 22.0 Å². The standard InChI is InChI=1S/C17H16FN3OS/c1-11-4-5-14(18)13-3-2-6-20(16(11)13)10-12-9-15(22)21-7-8-23-17(21)19-12/h4-5,7-9H,2-3,6,10H2,1H3. The second-order valence-electron chi connectivity index (χ2n) is 5.86. The van der Waals surface area contributed by atoms with Gasteiger partial charge >= 0.3 is 0 Å². The first-order valence-corrected chi connectivity index (χ1v) is 8.50. The van der Waals surface area contributed by atoms with Crippen LogP contribution in [0, 0.1) is 12.7 Å². The van der Waals surface area contributed by atoms with Crippen LogP contribution in [0.5, 0.6) is 0 Å². The molecule has 4 rings (SSSR count). The maximum absolute atomic E-state index is 14.1. The molecule has 1 aliphatic heterocycles. The third-order valence-electron chi connectivity index (χ3n) is 4.31. The van der Waals surface area contributed by atoms with Gasteiger partial charge in [-0.2, -0.15) is 0 Å². The SMILES string of the molecule is Cc1ccc(F)c2c1N(Cc1cc(=O)n3ccsc3n1)CCC2. The van der Waals surface area contributed by atoms with Gasteiger partial charge in [-0.1, -0.05) is 6.07 Å². The van der Waals surface area contributed by atoms with Gasteiger partial charge in [0.25, 0.3) is 5.56 Å². The van der Waals surface area contributed by atoms with E-state index in [1.54, 1.807) is 22.7 Å². The molecule has 0 spiro atoms. The van der Waals surface area contributed by atoms with Crippen LogP contribution in [-0.4, -0.2) is 15.9 Å². The van der Waals surface area contributed by atoms with Crippen molar-refractivity contribution in [1.82, 2.24) is 9.38 Å². The Labute approximate surface area is 136 Å². The van der Waals surface area contributed by atoms with Gasteiger partial charge in [-0.15, -0.1) is 11.3 Å². The minimum atomic E-state index is -0.142. The molecule has 0 radical (unpaired) electrons. The van der Waals surface area contributed by atoms with Crippen molar-refractivity contribution in [3.63, 3.8) is 0 Å². The van der Waals surface area contributed by atoms with E-state index in [9.17, 15) is 9.18 Å². The molecule has 0 unspecified atom stereocenters. The monoisotopic (exact) mass is 329 g/mol. The van der Waals surface area contributed by atoms with Crippen LogP contribution in [0.15, 0.2) is 34.6 Å². The van der Waals surface area contributed by atoms with E-state index >= 15 is 0 Å². The van der Waals surface area contributed by atoms with E-state index < -0.39 is 0 Å². The highest BCUT2D eigenvalue weighted by Gasteiger charge is 2.22. The van der Waals surface area contributed by atoms with E-state index in [1.807, 2.05) is 18.4 Å². The maximum atomic E-state index is 14.1. The molecule has 118 valence electrons. The fourth-order valence-electron chi connectivity index (χ4n) is 3.29. The molecule has 0 fully saturated rings. The highest BCUT2D eigenvalue weighted by Crippen LogP contribution is 2.33. The van der Waals surface area contributed by atoms with Gasteiger partial charge in [-0.05, 0) is 31.4 Å². The minimum Gasteiger partial charge on any atom is -0.365 e. The summed E-state index contributed by atoms with van der Waals surface area (Å²) >= 11 is 1.44. The molecule has 4 nitrogen and oxygen atoms in total. The summed E-state index contributed by atoms with van der Waals surface area (Å²) in [5, 5.41) is 1.85. The Morgan fingerprint density at radius 3 is 3.13 bits per heavy atom. The van der Waals surface area contributed by atoms with Crippen molar-refractivity contribution < 1.29 is 4.39 Å². The Morgan fingerprint density at radius 2 is 2.26 bits per heavy atom. The van der Waals surface area contributed by atoms with Crippen molar-refractivity contribution in [2.24, 2.45) is 0 Å². The first kappa shape index (κ1) is 14.4. The molecule has 0 atom stereocenters. The molecule has 23 heavy (non-hydrogen) atoms. The van der Waals surface area contributed by atoms with Crippen molar-refractivity contribution in [3.05, 3.63) is 62.8 Å². The lowest BCUT2D eigenvalue weighted by Gasteiger charge is -2.32. The van der Waals surface area contributed by atoms with Crippen molar-refractivity contribution in [2.75, 3.05) is 11.4 Å². The lowest BCUT2D eigenvalue weighted by molar-refractivity contribution is 0.585. The average Bonchev–Trinajstić information content (AvgIpc) is 3.00. The summed E-state index contributed by atoms with van der Waals surface area (Å²) in [5.74, 6) is -0.142. The number of aromatic nitrogens is 2. The molecule has 0 saturated heterocycles. The number of hydrogen-bond donors (Lipinski definition) is 0. The van der Waals surface area contributed by atoms with Crippen LogP contribution < -0.4 is 10.5 Å². The van der Waals surface area contributed by atoms with Crippen LogP contribution in [0.3, 0.4) is 0 Å². The Hall–Kier alpha value is -2.21. The van der Waals surface area contributed by atoms with E-state index in [0.29, 0.717) is 11.5 Å². The number of halogens is 1. The van der Waals surface area contributed by atoms with Gasteiger partial charge < -0.3 is 4.90 Å². The van der Waals surface area contributed by atoms with Crippen LogP contribution in [0.25, 0.3) is 4.96 Å². The van der Waals surface area contributed by atoms with Crippen LogP contribution in [0.4, 0.5) is 10.1 Å². The zero-order valence-corrected chi connectivity index (χ0v) is 13.6. The summed E-state index contributed by atoms with van der Waals surface area (Å²) in [7, 11) is 0. The summed E-state index contributed by atoms with van der Waals surface area (Å²) in [6.45, 7) is 3.38. The first-order chi connectivity index (χ1) is 11.1. The van der Waals surface area contributed by atoms with Gasteiger partial charge in [0.05, 0.1) is 12.2 Å². The van der Waals surface area contributed by atoms with Crippen LogP contribution in [0.1, 0.15) is 23.2 Å². The molecule has 6 heteroatoms. The van der Waals surface area contributed by atoms with Gasteiger partial charge in [0, 0.05) is 35.4 Å². The molecule has 0 amide bonds. The third kappa shape index (κ3) is 2.43. The van der Waals surface area contributed by atoms with Gasteiger partial charge in [0.15, 0.2) is 4.96 Å². The molecule has 2 aromatic heterocycles. The number of rotatable bonds is 2. The molecular formula is C17H16FN3OS. The summed E-state index contributed by atoms with van der Waals surface area (Å²) in [6, 6.07) is 4.93. The Morgan fingerprint density at radius 1 is 1.39 bits per heavy atom. The zero-order valence-electron chi connectivity index (χ0n) is 12.8. The number of benzene rings is 1. The van der Waals surface area contributed by atoms with Crippen molar-refractivity contribution in [1.29, 1.82) is 0 Å². The molecule has 0 N–H and O–H groups in total. The normalized spacial score (nSPS) is 14.3. The summed E-state index contributed by atoms with van der Waals surface area (Å²) in [6.07, 6.45) is 3.40. The molecule has 1 aromatic carbocycles. The molecule has 0 aliphatic carbocycles. The number of thiazole rings is 1. The van der Waals surface area contributed by atoms with E-state index in [1.165, 1.54) is 11.3 Å². The Kier molecular flexibility index (Phi) is 3.41. The summed E-state index contributed by atoms with van der Waals surface area (Å²) in [4.78, 5) is 19.5. The molecule has 0 bridgehead atoms. The molecule has 0 saturated carbocycles. The second kappa shape index (κ2) is 5.45. The van der Waals surface area contributed by atoms with Crippen LogP contribution in [0.2, 0.25) is 0 Å². The number of aryl methyl sites for hydroxylation is 1. The molecule has 3 heterocycles. The molecular weight excluding hydrogens is 313 g/mol. The maximum Gasteiger partial charge on any atom is 0.258 e. The highest BCUT2D eigenvalue weighted by atomic mass is 32.1. The van der Waals surface area contributed by atoms with E-state index in [0.717, 1.165) is 41.9 Å². The third-order valence-corrected chi connectivity index (χ3v) is 5.06. The van der Waals surface area contributed by atoms with E-state index in [4.69, 9.17) is 0 Å². The minimum absolute atomic E-state index is 0.0700.